The number of anilines is 1. The van der Waals surface area contributed by atoms with Gasteiger partial charge in [-0.05, 0) is 30.7 Å². The number of fused-ring (bicyclic) bond motifs is 1. The van der Waals surface area contributed by atoms with Gasteiger partial charge in [-0.25, -0.2) is 4.98 Å². The third kappa shape index (κ3) is 3.09. The van der Waals surface area contributed by atoms with Gasteiger partial charge in [0.15, 0.2) is 0 Å². The van der Waals surface area contributed by atoms with Gasteiger partial charge in [-0.15, -0.1) is 0 Å². The molecule has 0 bridgehead atoms. The highest BCUT2D eigenvalue weighted by Crippen LogP contribution is 2.32. The number of hydrogen-bond donors (Lipinski definition) is 1. The lowest BCUT2D eigenvalue weighted by Gasteiger charge is -2.35. The van der Waals surface area contributed by atoms with E-state index in [4.69, 9.17) is 0 Å². The topological polar surface area (TPSA) is 66.5 Å². The largest absolute Gasteiger partial charge is 0.388 e. The maximum absolute atomic E-state index is 10.7. The maximum atomic E-state index is 10.7. The molecule has 1 N–H and O–H groups in total. The second kappa shape index (κ2) is 6.80. The predicted octanol–water partition coefficient (Wildman–Crippen LogP) is 2.64. The third-order valence-electron chi connectivity index (χ3n) is 5.10. The van der Waals surface area contributed by atoms with Crippen molar-refractivity contribution >= 4 is 11.6 Å². The molecular weight excluding hydrogens is 314 g/mol. The quantitative estimate of drug-likeness (QED) is 0.793. The fraction of sp³-hybridized carbons (Fsp3) is 0.421. The fourth-order valence-electron chi connectivity index (χ4n) is 3.62. The molecule has 6 nitrogen and oxygen atoms in total. The molecule has 0 saturated carbocycles. The Labute approximate surface area is 147 Å². The number of rotatable bonds is 4. The summed E-state index contributed by atoms with van der Waals surface area (Å²) < 4.78 is 1.81. The molecule has 130 valence electrons. The lowest BCUT2D eigenvalue weighted by Crippen LogP contribution is -2.37. The molecular formula is C19H23N5O. The van der Waals surface area contributed by atoms with E-state index in [1.807, 2.05) is 34.8 Å². The van der Waals surface area contributed by atoms with E-state index in [9.17, 15) is 5.11 Å². The third-order valence-corrected chi connectivity index (χ3v) is 5.10. The Bertz CT molecular complexity index is 839. The van der Waals surface area contributed by atoms with E-state index in [1.54, 1.807) is 6.33 Å². The molecule has 1 aromatic carbocycles. The average molecular weight is 337 g/mol. The van der Waals surface area contributed by atoms with Gasteiger partial charge in [0.05, 0.1) is 6.10 Å². The summed E-state index contributed by atoms with van der Waals surface area (Å²) in [6.07, 6.45) is 3.95. The summed E-state index contributed by atoms with van der Waals surface area (Å²) in [5.74, 6) is 1.99. The van der Waals surface area contributed by atoms with Gasteiger partial charge in [-0.3, -0.25) is 0 Å². The van der Waals surface area contributed by atoms with E-state index < -0.39 is 6.10 Å². The van der Waals surface area contributed by atoms with Crippen LogP contribution in [-0.4, -0.2) is 37.8 Å². The fourth-order valence-corrected chi connectivity index (χ4v) is 3.62. The van der Waals surface area contributed by atoms with Crippen LogP contribution in [0.1, 0.15) is 37.1 Å². The van der Waals surface area contributed by atoms with Gasteiger partial charge >= 0.3 is 0 Å². The second-order valence-electron chi connectivity index (χ2n) is 6.61. The predicted molar refractivity (Wildman–Crippen MR) is 96.5 cm³/mol. The second-order valence-corrected chi connectivity index (χ2v) is 6.61. The molecule has 1 saturated heterocycles. The van der Waals surface area contributed by atoms with Gasteiger partial charge in [0.25, 0.3) is 5.78 Å². The van der Waals surface area contributed by atoms with Crippen LogP contribution in [0.3, 0.4) is 0 Å². The Morgan fingerprint density at radius 1 is 1.20 bits per heavy atom. The summed E-state index contributed by atoms with van der Waals surface area (Å²) in [6.45, 7) is 3.90. The van der Waals surface area contributed by atoms with Crippen molar-refractivity contribution in [2.45, 2.75) is 32.3 Å². The van der Waals surface area contributed by atoms with E-state index in [-0.39, 0.29) is 5.92 Å². The van der Waals surface area contributed by atoms with E-state index in [1.165, 1.54) is 0 Å². The highest BCUT2D eigenvalue weighted by Gasteiger charge is 2.27. The molecule has 1 aliphatic heterocycles. The molecule has 0 radical (unpaired) electrons. The minimum Gasteiger partial charge on any atom is -0.388 e. The van der Waals surface area contributed by atoms with Crippen LogP contribution in [0.25, 0.3) is 5.78 Å². The normalized spacial score (nSPS) is 17.1. The van der Waals surface area contributed by atoms with Crippen molar-refractivity contribution in [2.75, 3.05) is 18.0 Å². The summed E-state index contributed by atoms with van der Waals surface area (Å²) in [7, 11) is 0. The van der Waals surface area contributed by atoms with E-state index >= 15 is 0 Å². The number of piperidine rings is 1. The molecule has 0 aliphatic carbocycles. The number of aliphatic hydroxyl groups is 1. The van der Waals surface area contributed by atoms with Crippen molar-refractivity contribution in [2.24, 2.45) is 5.92 Å². The average Bonchev–Trinajstić information content (AvgIpc) is 3.16. The highest BCUT2D eigenvalue weighted by molar-refractivity contribution is 5.47. The minimum absolute atomic E-state index is 0.289. The first kappa shape index (κ1) is 16.0. The van der Waals surface area contributed by atoms with Gasteiger partial charge < -0.3 is 10.0 Å². The molecule has 25 heavy (non-hydrogen) atoms. The zero-order valence-corrected chi connectivity index (χ0v) is 14.4. The molecule has 1 fully saturated rings. The molecule has 0 spiro atoms. The lowest BCUT2D eigenvalue weighted by molar-refractivity contribution is 0.0928. The summed E-state index contributed by atoms with van der Waals surface area (Å²) in [5, 5.41) is 15.0. The van der Waals surface area contributed by atoms with Crippen LogP contribution in [-0.2, 0) is 6.42 Å². The van der Waals surface area contributed by atoms with Crippen LogP contribution >= 0.6 is 0 Å². The number of nitrogens with zero attached hydrogens (tertiary/aromatic N) is 5. The molecule has 1 atom stereocenters. The Morgan fingerprint density at radius 2 is 1.96 bits per heavy atom. The molecule has 0 amide bonds. The van der Waals surface area contributed by atoms with Gasteiger partial charge in [-0.1, -0.05) is 37.3 Å². The van der Waals surface area contributed by atoms with Crippen LogP contribution in [0.2, 0.25) is 0 Å². The van der Waals surface area contributed by atoms with Crippen LogP contribution < -0.4 is 4.90 Å². The molecule has 0 unspecified atom stereocenters. The standard InChI is InChI=1S/C19H23N5O/c1-2-16-12-17(24-19(22-16)20-13-21-24)23-10-8-15(9-11-23)18(25)14-6-4-3-5-7-14/h3-7,12-13,15,18,25H,2,8-11H2,1H3/t18-/m1/s1. The van der Waals surface area contributed by atoms with Gasteiger partial charge in [-0.2, -0.15) is 14.6 Å². The lowest BCUT2D eigenvalue weighted by atomic mass is 9.87. The number of aliphatic hydroxyl groups excluding tert-OH is 1. The van der Waals surface area contributed by atoms with Crippen molar-refractivity contribution < 1.29 is 5.11 Å². The molecule has 4 rings (SSSR count). The van der Waals surface area contributed by atoms with Gasteiger partial charge in [0.1, 0.15) is 12.1 Å². The number of aromatic nitrogens is 4. The zero-order valence-electron chi connectivity index (χ0n) is 14.4. The van der Waals surface area contributed by atoms with Crippen LogP contribution in [0, 0.1) is 5.92 Å². The van der Waals surface area contributed by atoms with E-state index in [0.717, 1.165) is 49.4 Å². The van der Waals surface area contributed by atoms with E-state index in [0.29, 0.717) is 5.78 Å². The van der Waals surface area contributed by atoms with Crippen molar-refractivity contribution in [3.63, 3.8) is 0 Å². The van der Waals surface area contributed by atoms with Crippen LogP contribution in [0.4, 0.5) is 5.82 Å². The smallest absolute Gasteiger partial charge is 0.254 e. The highest BCUT2D eigenvalue weighted by atomic mass is 16.3. The van der Waals surface area contributed by atoms with Crippen molar-refractivity contribution in [3.05, 3.63) is 54.0 Å². The Hall–Kier alpha value is -2.47. The molecule has 1 aliphatic rings. The number of hydrogen-bond acceptors (Lipinski definition) is 5. The van der Waals surface area contributed by atoms with Crippen molar-refractivity contribution in [3.8, 4) is 0 Å². The molecule has 2 aromatic heterocycles. The molecule has 3 aromatic rings. The van der Waals surface area contributed by atoms with Gasteiger partial charge in [0, 0.05) is 24.8 Å². The van der Waals surface area contributed by atoms with Crippen LogP contribution in [0.15, 0.2) is 42.7 Å². The van der Waals surface area contributed by atoms with Crippen molar-refractivity contribution in [1.82, 2.24) is 19.6 Å². The summed E-state index contributed by atoms with van der Waals surface area (Å²) in [4.78, 5) is 11.1. The monoisotopic (exact) mass is 337 g/mol. The van der Waals surface area contributed by atoms with Crippen LogP contribution in [0.5, 0.6) is 0 Å². The minimum atomic E-state index is -0.390. The maximum Gasteiger partial charge on any atom is 0.254 e. The van der Waals surface area contributed by atoms with E-state index in [2.05, 4.69) is 33.0 Å². The Morgan fingerprint density at radius 3 is 2.68 bits per heavy atom. The molecule has 3 heterocycles. The first-order valence-corrected chi connectivity index (χ1v) is 8.94. The summed E-state index contributed by atoms with van der Waals surface area (Å²) >= 11 is 0. The number of aryl methyl sites for hydroxylation is 1. The Balaban J connectivity index is 1.51. The zero-order chi connectivity index (χ0) is 17.2. The summed E-state index contributed by atoms with van der Waals surface area (Å²) in [6, 6.07) is 12.1. The first-order chi connectivity index (χ1) is 12.3. The summed E-state index contributed by atoms with van der Waals surface area (Å²) in [5.41, 5.74) is 2.04. The first-order valence-electron chi connectivity index (χ1n) is 8.94. The molecule has 6 heteroatoms. The van der Waals surface area contributed by atoms with Gasteiger partial charge in [0.2, 0.25) is 0 Å². The SMILES string of the molecule is CCc1cc(N2CCC([C@H](O)c3ccccc3)CC2)n2ncnc2n1. The van der Waals surface area contributed by atoms with Crippen molar-refractivity contribution in [1.29, 1.82) is 0 Å². The Kier molecular flexibility index (Phi) is 4.36. The number of benzene rings is 1.